The zero-order valence-corrected chi connectivity index (χ0v) is 9.11. The smallest absolute Gasteiger partial charge is 0.290 e. The van der Waals surface area contributed by atoms with Gasteiger partial charge in [0, 0.05) is 10.6 Å². The van der Waals surface area contributed by atoms with Crippen molar-refractivity contribution in [3.8, 4) is 6.07 Å². The Kier molecular flexibility index (Phi) is 4.32. The molecule has 0 fully saturated rings. The SMILES string of the molecule is N#CC(NCC(F)(F)F)c1ccc(Cl)cc1F. The van der Waals surface area contributed by atoms with E-state index in [1.807, 2.05) is 5.32 Å². The fraction of sp³-hybridized carbons (Fsp3) is 0.300. The fourth-order valence-corrected chi connectivity index (χ4v) is 1.34. The van der Waals surface area contributed by atoms with Gasteiger partial charge in [-0.15, -0.1) is 0 Å². The van der Waals surface area contributed by atoms with Gasteiger partial charge in [-0.25, -0.2) is 4.39 Å². The lowest BCUT2D eigenvalue weighted by Gasteiger charge is -2.14. The molecule has 0 aliphatic heterocycles. The molecule has 1 unspecified atom stereocenters. The summed E-state index contributed by atoms with van der Waals surface area (Å²) >= 11 is 5.49. The van der Waals surface area contributed by atoms with Crippen LogP contribution in [-0.4, -0.2) is 12.7 Å². The number of halogens is 5. The summed E-state index contributed by atoms with van der Waals surface area (Å²) in [5.41, 5.74) is -0.166. The molecule has 7 heteroatoms. The monoisotopic (exact) mass is 266 g/mol. The molecule has 0 radical (unpaired) electrons. The molecule has 1 aromatic rings. The third-order valence-electron chi connectivity index (χ3n) is 1.91. The molecule has 0 heterocycles. The summed E-state index contributed by atoms with van der Waals surface area (Å²) < 4.78 is 49.2. The fourth-order valence-electron chi connectivity index (χ4n) is 1.18. The predicted octanol–water partition coefficient (Wildman–Crippen LogP) is 3.20. The molecule has 1 N–H and O–H groups in total. The lowest BCUT2D eigenvalue weighted by molar-refractivity contribution is -0.125. The van der Waals surface area contributed by atoms with Crippen LogP contribution in [0, 0.1) is 17.1 Å². The summed E-state index contributed by atoms with van der Waals surface area (Å²) in [6.07, 6.45) is -4.46. The van der Waals surface area contributed by atoms with E-state index in [1.165, 1.54) is 12.1 Å². The highest BCUT2D eigenvalue weighted by atomic mass is 35.5. The van der Waals surface area contributed by atoms with Crippen LogP contribution in [0.3, 0.4) is 0 Å². The third kappa shape index (κ3) is 4.21. The number of hydrogen-bond acceptors (Lipinski definition) is 2. The van der Waals surface area contributed by atoms with Gasteiger partial charge in [0.1, 0.15) is 11.9 Å². The number of rotatable bonds is 3. The molecule has 0 aliphatic rings. The van der Waals surface area contributed by atoms with Crippen LogP contribution in [0.1, 0.15) is 11.6 Å². The van der Waals surface area contributed by atoms with Crippen LogP contribution in [0.5, 0.6) is 0 Å². The summed E-state index contributed by atoms with van der Waals surface area (Å²) in [7, 11) is 0. The molecule has 1 rings (SSSR count). The van der Waals surface area contributed by atoms with Crippen molar-refractivity contribution in [1.29, 1.82) is 5.26 Å². The molecule has 92 valence electrons. The number of nitriles is 1. The molecule has 0 bridgehead atoms. The maximum atomic E-state index is 13.4. The Labute approximate surface area is 99.8 Å². The molecule has 0 spiro atoms. The molecule has 17 heavy (non-hydrogen) atoms. The minimum atomic E-state index is -4.46. The van der Waals surface area contributed by atoms with E-state index >= 15 is 0 Å². The topological polar surface area (TPSA) is 35.8 Å². The molecular formula is C10H7ClF4N2. The average molecular weight is 267 g/mol. The zero-order valence-electron chi connectivity index (χ0n) is 8.35. The van der Waals surface area contributed by atoms with Gasteiger partial charge in [0.25, 0.3) is 0 Å². The second-order valence-electron chi connectivity index (χ2n) is 3.22. The van der Waals surface area contributed by atoms with Gasteiger partial charge in [-0.3, -0.25) is 5.32 Å². The van der Waals surface area contributed by atoms with Gasteiger partial charge in [0.2, 0.25) is 0 Å². The maximum Gasteiger partial charge on any atom is 0.401 e. The normalized spacial score (nSPS) is 13.2. The molecule has 0 aromatic heterocycles. The van der Waals surface area contributed by atoms with Gasteiger partial charge in [-0.2, -0.15) is 18.4 Å². The molecule has 0 saturated carbocycles. The second kappa shape index (κ2) is 5.34. The van der Waals surface area contributed by atoms with E-state index in [9.17, 15) is 17.6 Å². The number of alkyl halides is 3. The van der Waals surface area contributed by atoms with E-state index in [1.54, 1.807) is 6.07 Å². The summed E-state index contributed by atoms with van der Waals surface area (Å²) in [6, 6.07) is 3.61. The highest BCUT2D eigenvalue weighted by Crippen LogP contribution is 2.22. The highest BCUT2D eigenvalue weighted by molar-refractivity contribution is 6.30. The van der Waals surface area contributed by atoms with Crippen molar-refractivity contribution in [3.05, 3.63) is 34.6 Å². The summed E-state index contributed by atoms with van der Waals surface area (Å²) in [4.78, 5) is 0. The molecular weight excluding hydrogens is 260 g/mol. The Morgan fingerprint density at radius 3 is 2.53 bits per heavy atom. The number of hydrogen-bond donors (Lipinski definition) is 1. The molecule has 0 amide bonds. The second-order valence-corrected chi connectivity index (χ2v) is 3.66. The van der Waals surface area contributed by atoms with E-state index in [-0.39, 0.29) is 10.6 Å². The van der Waals surface area contributed by atoms with Crippen LogP contribution in [0.15, 0.2) is 18.2 Å². The van der Waals surface area contributed by atoms with Crippen LogP contribution >= 0.6 is 11.6 Å². The van der Waals surface area contributed by atoms with Gasteiger partial charge in [0.05, 0.1) is 12.6 Å². The first kappa shape index (κ1) is 13.7. The molecule has 1 aromatic carbocycles. The van der Waals surface area contributed by atoms with Crippen LogP contribution in [-0.2, 0) is 0 Å². The lowest BCUT2D eigenvalue weighted by atomic mass is 10.1. The van der Waals surface area contributed by atoms with Crippen molar-refractivity contribution in [2.24, 2.45) is 0 Å². The first-order valence-electron chi connectivity index (χ1n) is 4.48. The van der Waals surface area contributed by atoms with Gasteiger partial charge in [0.15, 0.2) is 0 Å². The lowest BCUT2D eigenvalue weighted by Crippen LogP contribution is -2.31. The van der Waals surface area contributed by atoms with E-state index in [4.69, 9.17) is 16.9 Å². The van der Waals surface area contributed by atoms with Gasteiger partial charge in [-0.1, -0.05) is 17.7 Å². The average Bonchev–Trinajstić information content (AvgIpc) is 2.19. The standard InChI is InChI=1S/C10H7ClF4N2/c11-6-1-2-7(8(12)3-6)9(4-16)17-5-10(13,14)15/h1-3,9,17H,5H2. The van der Waals surface area contributed by atoms with Crippen molar-refractivity contribution in [3.63, 3.8) is 0 Å². The summed E-state index contributed by atoms with van der Waals surface area (Å²) in [5, 5.41) is 10.7. The Bertz CT molecular complexity index is 439. The Balaban J connectivity index is 2.84. The largest absolute Gasteiger partial charge is 0.401 e. The Morgan fingerprint density at radius 2 is 2.06 bits per heavy atom. The third-order valence-corrected chi connectivity index (χ3v) is 2.14. The Morgan fingerprint density at radius 1 is 1.41 bits per heavy atom. The number of nitrogens with one attached hydrogen (secondary N) is 1. The Hall–Kier alpha value is -1.32. The zero-order chi connectivity index (χ0) is 13.1. The minimum Gasteiger partial charge on any atom is -0.290 e. The van der Waals surface area contributed by atoms with Gasteiger partial charge in [-0.05, 0) is 12.1 Å². The molecule has 1 atom stereocenters. The van der Waals surface area contributed by atoms with E-state index in [0.29, 0.717) is 0 Å². The first-order valence-corrected chi connectivity index (χ1v) is 4.86. The van der Waals surface area contributed by atoms with Crippen molar-refractivity contribution >= 4 is 11.6 Å². The number of benzene rings is 1. The summed E-state index contributed by atoms with van der Waals surface area (Å²) in [6.45, 7) is -1.37. The van der Waals surface area contributed by atoms with Crippen molar-refractivity contribution < 1.29 is 17.6 Å². The van der Waals surface area contributed by atoms with Crippen LogP contribution in [0.2, 0.25) is 5.02 Å². The van der Waals surface area contributed by atoms with E-state index in [2.05, 4.69) is 0 Å². The molecule has 0 saturated heterocycles. The van der Waals surface area contributed by atoms with Gasteiger partial charge < -0.3 is 0 Å². The number of nitrogens with zero attached hydrogens (tertiary/aromatic N) is 1. The van der Waals surface area contributed by atoms with E-state index < -0.39 is 24.6 Å². The van der Waals surface area contributed by atoms with Crippen molar-refractivity contribution in [2.75, 3.05) is 6.54 Å². The minimum absolute atomic E-state index is 0.110. The maximum absolute atomic E-state index is 13.4. The summed E-state index contributed by atoms with van der Waals surface area (Å²) in [5.74, 6) is -0.821. The molecule has 2 nitrogen and oxygen atoms in total. The van der Waals surface area contributed by atoms with Crippen LogP contribution in [0.25, 0.3) is 0 Å². The van der Waals surface area contributed by atoms with E-state index in [0.717, 1.165) is 6.07 Å². The predicted molar refractivity (Wildman–Crippen MR) is 53.8 cm³/mol. The molecule has 0 aliphatic carbocycles. The van der Waals surface area contributed by atoms with Crippen LogP contribution in [0.4, 0.5) is 17.6 Å². The van der Waals surface area contributed by atoms with Gasteiger partial charge >= 0.3 is 6.18 Å². The van der Waals surface area contributed by atoms with Crippen molar-refractivity contribution in [1.82, 2.24) is 5.32 Å². The highest BCUT2D eigenvalue weighted by Gasteiger charge is 2.29. The van der Waals surface area contributed by atoms with Crippen LogP contribution < -0.4 is 5.32 Å². The first-order chi connectivity index (χ1) is 7.83. The quantitative estimate of drug-likeness (QED) is 0.853. The van der Waals surface area contributed by atoms with Crippen molar-refractivity contribution in [2.45, 2.75) is 12.2 Å².